The van der Waals surface area contributed by atoms with Crippen LogP contribution < -0.4 is 5.32 Å². The molecule has 0 aromatic heterocycles. The molecule has 0 spiro atoms. The van der Waals surface area contributed by atoms with Crippen LogP contribution in [0.2, 0.25) is 0 Å². The average molecular weight is 261 g/mol. The molecule has 7 nitrogen and oxygen atoms in total. The highest BCUT2D eigenvalue weighted by atomic mass is 16.6. The van der Waals surface area contributed by atoms with E-state index < -0.39 is 16.9 Å². The van der Waals surface area contributed by atoms with Crippen molar-refractivity contribution in [2.24, 2.45) is 0 Å². The van der Waals surface area contributed by atoms with Crippen LogP contribution in [0.3, 0.4) is 0 Å². The molecule has 0 radical (unpaired) electrons. The maximum absolute atomic E-state index is 11.0. The number of carboxylic acid groups (broad SMARTS) is 1. The Morgan fingerprint density at radius 3 is 2.84 bits per heavy atom. The number of hydrogen-bond acceptors (Lipinski definition) is 5. The van der Waals surface area contributed by atoms with E-state index in [0.29, 0.717) is 0 Å². The zero-order chi connectivity index (χ0) is 14.4. The van der Waals surface area contributed by atoms with Crippen molar-refractivity contribution in [3.8, 4) is 6.07 Å². The first-order valence-corrected chi connectivity index (χ1v) is 5.28. The summed E-state index contributed by atoms with van der Waals surface area (Å²) >= 11 is 0. The zero-order valence-electron chi connectivity index (χ0n) is 9.87. The van der Waals surface area contributed by atoms with Gasteiger partial charge in [0.25, 0.3) is 5.69 Å². The fraction of sp³-hybridized carbons (Fsp3) is 0.167. The van der Waals surface area contributed by atoms with E-state index in [-0.39, 0.29) is 23.4 Å². The Morgan fingerprint density at radius 1 is 1.68 bits per heavy atom. The molecule has 1 unspecified atom stereocenters. The zero-order valence-corrected chi connectivity index (χ0v) is 9.87. The van der Waals surface area contributed by atoms with Crippen LogP contribution in [0.5, 0.6) is 0 Å². The lowest BCUT2D eigenvalue weighted by Crippen LogP contribution is -2.28. The fourth-order valence-corrected chi connectivity index (χ4v) is 1.46. The lowest BCUT2D eigenvalue weighted by Gasteiger charge is -2.14. The minimum atomic E-state index is -1.16. The summed E-state index contributed by atoms with van der Waals surface area (Å²) in [6.07, 6.45) is 1.50. The molecule has 0 saturated carbocycles. The largest absolute Gasteiger partial charge is 0.480 e. The molecule has 7 heteroatoms. The van der Waals surface area contributed by atoms with E-state index in [4.69, 9.17) is 10.4 Å². The van der Waals surface area contributed by atoms with Crippen molar-refractivity contribution >= 4 is 17.3 Å². The lowest BCUT2D eigenvalue weighted by atomic mass is 10.1. The Labute approximate surface area is 108 Å². The van der Waals surface area contributed by atoms with E-state index in [1.54, 1.807) is 0 Å². The van der Waals surface area contributed by atoms with Gasteiger partial charge in [-0.3, -0.25) is 10.1 Å². The molecule has 0 saturated heterocycles. The molecule has 0 aliphatic heterocycles. The predicted octanol–water partition coefficient (Wildman–Crippen LogP) is 1.91. The number of nitro benzene ring substituents is 1. The summed E-state index contributed by atoms with van der Waals surface area (Å²) in [5, 5.41) is 31.1. The number of nitro groups is 1. The van der Waals surface area contributed by atoms with Gasteiger partial charge in [0.2, 0.25) is 0 Å². The smallest absolute Gasteiger partial charge is 0.326 e. The number of anilines is 1. The van der Waals surface area contributed by atoms with Gasteiger partial charge < -0.3 is 10.4 Å². The van der Waals surface area contributed by atoms with Crippen molar-refractivity contribution in [2.45, 2.75) is 12.5 Å². The van der Waals surface area contributed by atoms with Crippen LogP contribution >= 0.6 is 0 Å². The van der Waals surface area contributed by atoms with Crippen molar-refractivity contribution in [1.29, 1.82) is 5.26 Å². The number of nitrogens with one attached hydrogen (secondary N) is 1. The maximum Gasteiger partial charge on any atom is 0.326 e. The van der Waals surface area contributed by atoms with Crippen LogP contribution in [-0.4, -0.2) is 22.0 Å². The number of hydrogen-bond donors (Lipinski definition) is 2. The molecule has 1 rings (SSSR count). The quantitative estimate of drug-likeness (QED) is 0.459. The maximum atomic E-state index is 11.0. The molecule has 0 heterocycles. The molecule has 1 atom stereocenters. The molecule has 1 aromatic carbocycles. The van der Waals surface area contributed by atoms with E-state index in [9.17, 15) is 14.9 Å². The molecular formula is C12H11N3O4. The third-order valence-electron chi connectivity index (χ3n) is 2.35. The Kier molecular flexibility index (Phi) is 4.60. The number of carboxylic acids is 1. The fourth-order valence-electron chi connectivity index (χ4n) is 1.46. The topological polar surface area (TPSA) is 116 Å². The van der Waals surface area contributed by atoms with E-state index in [2.05, 4.69) is 11.9 Å². The molecule has 0 aliphatic rings. The van der Waals surface area contributed by atoms with Crippen LogP contribution in [0.4, 0.5) is 11.4 Å². The molecule has 1 aromatic rings. The van der Waals surface area contributed by atoms with Crippen LogP contribution in [0, 0.1) is 21.4 Å². The molecule has 2 N–H and O–H groups in total. The van der Waals surface area contributed by atoms with Crippen molar-refractivity contribution in [1.82, 2.24) is 0 Å². The van der Waals surface area contributed by atoms with Crippen LogP contribution in [-0.2, 0) is 4.79 Å². The summed E-state index contributed by atoms with van der Waals surface area (Å²) in [6, 6.07) is 4.51. The van der Waals surface area contributed by atoms with Gasteiger partial charge >= 0.3 is 5.97 Å². The van der Waals surface area contributed by atoms with Crippen molar-refractivity contribution in [3.05, 3.63) is 46.5 Å². The number of nitrogens with zero attached hydrogens (tertiary/aromatic N) is 2. The van der Waals surface area contributed by atoms with Crippen molar-refractivity contribution in [3.63, 3.8) is 0 Å². The Morgan fingerprint density at radius 2 is 2.37 bits per heavy atom. The number of carbonyl (C=O) groups is 1. The minimum Gasteiger partial charge on any atom is -0.480 e. The van der Waals surface area contributed by atoms with Gasteiger partial charge in [0, 0.05) is 6.07 Å². The van der Waals surface area contributed by atoms with Gasteiger partial charge in [-0.15, -0.1) is 6.58 Å². The number of benzene rings is 1. The summed E-state index contributed by atoms with van der Waals surface area (Å²) in [7, 11) is 0. The number of aliphatic carboxylic acids is 1. The molecule has 0 fully saturated rings. The van der Waals surface area contributed by atoms with Gasteiger partial charge in [-0.2, -0.15) is 5.26 Å². The third-order valence-corrected chi connectivity index (χ3v) is 2.35. The Balaban J connectivity index is 3.16. The van der Waals surface area contributed by atoms with Gasteiger partial charge in [0.15, 0.2) is 0 Å². The van der Waals surface area contributed by atoms with Crippen LogP contribution in [0.25, 0.3) is 0 Å². The van der Waals surface area contributed by atoms with E-state index in [1.165, 1.54) is 18.2 Å². The second kappa shape index (κ2) is 6.16. The average Bonchev–Trinajstić information content (AvgIpc) is 2.37. The number of rotatable bonds is 6. The molecule has 0 bridgehead atoms. The molecule has 19 heavy (non-hydrogen) atoms. The first kappa shape index (κ1) is 14.2. The summed E-state index contributed by atoms with van der Waals surface area (Å²) in [5.41, 5.74) is -0.0801. The molecule has 0 aliphatic carbocycles. The SMILES string of the molecule is C=CCC(Nc1cc(C#N)ccc1[N+](=O)[O-])C(=O)O. The van der Waals surface area contributed by atoms with E-state index >= 15 is 0 Å². The number of nitriles is 1. The third kappa shape index (κ3) is 3.54. The highest BCUT2D eigenvalue weighted by molar-refractivity contribution is 5.79. The van der Waals surface area contributed by atoms with Gasteiger partial charge in [0.1, 0.15) is 11.7 Å². The minimum absolute atomic E-state index is 0.00157. The summed E-state index contributed by atoms with van der Waals surface area (Å²) in [5.74, 6) is -1.16. The highest BCUT2D eigenvalue weighted by Gasteiger charge is 2.21. The van der Waals surface area contributed by atoms with E-state index in [1.807, 2.05) is 6.07 Å². The van der Waals surface area contributed by atoms with Gasteiger partial charge in [0.05, 0.1) is 16.6 Å². The predicted molar refractivity (Wildman–Crippen MR) is 67.7 cm³/mol. The second-order valence-corrected chi connectivity index (χ2v) is 3.66. The highest BCUT2D eigenvalue weighted by Crippen LogP contribution is 2.26. The van der Waals surface area contributed by atoms with Crippen LogP contribution in [0.15, 0.2) is 30.9 Å². The standard InChI is InChI=1S/C12H11N3O4/c1-2-3-9(12(16)17)14-10-6-8(7-13)4-5-11(10)15(18)19/h2,4-6,9,14H,1,3H2,(H,16,17). The first-order valence-electron chi connectivity index (χ1n) is 5.28. The van der Waals surface area contributed by atoms with Crippen LogP contribution in [0.1, 0.15) is 12.0 Å². The Bertz CT molecular complexity index is 563. The normalized spacial score (nSPS) is 11.1. The van der Waals surface area contributed by atoms with Crippen molar-refractivity contribution < 1.29 is 14.8 Å². The summed E-state index contributed by atoms with van der Waals surface area (Å²) in [4.78, 5) is 21.2. The monoisotopic (exact) mass is 261 g/mol. The van der Waals surface area contributed by atoms with E-state index in [0.717, 1.165) is 6.07 Å². The Hall–Kier alpha value is -2.88. The van der Waals surface area contributed by atoms with Gasteiger partial charge in [-0.25, -0.2) is 4.79 Å². The molecular weight excluding hydrogens is 250 g/mol. The lowest BCUT2D eigenvalue weighted by molar-refractivity contribution is -0.384. The van der Waals surface area contributed by atoms with Gasteiger partial charge in [-0.1, -0.05) is 6.08 Å². The van der Waals surface area contributed by atoms with Gasteiger partial charge in [-0.05, 0) is 18.6 Å². The molecule has 98 valence electrons. The first-order chi connectivity index (χ1) is 8.99. The summed E-state index contributed by atoms with van der Waals surface area (Å²) in [6.45, 7) is 3.43. The molecule has 0 amide bonds. The summed E-state index contributed by atoms with van der Waals surface area (Å²) < 4.78 is 0. The van der Waals surface area contributed by atoms with Crippen molar-refractivity contribution in [2.75, 3.05) is 5.32 Å². The second-order valence-electron chi connectivity index (χ2n) is 3.66.